The van der Waals surface area contributed by atoms with Crippen molar-refractivity contribution in [2.75, 3.05) is 31.5 Å². The first-order chi connectivity index (χ1) is 16.6. The van der Waals surface area contributed by atoms with E-state index in [2.05, 4.69) is 52.4 Å². The second kappa shape index (κ2) is 11.8. The number of nitrogens with zero attached hydrogens (tertiary/aromatic N) is 2. The van der Waals surface area contributed by atoms with Crippen molar-refractivity contribution in [2.24, 2.45) is 0 Å². The van der Waals surface area contributed by atoms with Crippen molar-refractivity contribution in [3.8, 4) is 5.75 Å². The Bertz CT molecular complexity index is 1060. The first-order valence-electron chi connectivity index (χ1n) is 12.3. The minimum absolute atomic E-state index is 0.0767. The van der Waals surface area contributed by atoms with E-state index in [1.807, 2.05) is 36.4 Å². The summed E-state index contributed by atoms with van der Waals surface area (Å²) in [4.78, 5) is 17.6. The molecule has 1 saturated heterocycles. The van der Waals surface area contributed by atoms with E-state index in [1.54, 1.807) is 6.07 Å². The minimum atomic E-state index is -0.0767. The van der Waals surface area contributed by atoms with E-state index >= 15 is 0 Å². The van der Waals surface area contributed by atoms with Crippen molar-refractivity contribution in [3.63, 3.8) is 0 Å². The Morgan fingerprint density at radius 3 is 2.12 bits per heavy atom. The topological polar surface area (TPSA) is 55.8 Å². The van der Waals surface area contributed by atoms with Gasteiger partial charge in [-0.1, -0.05) is 49.7 Å². The van der Waals surface area contributed by atoms with E-state index in [0.717, 1.165) is 69.8 Å². The van der Waals surface area contributed by atoms with E-state index in [4.69, 9.17) is 0 Å². The van der Waals surface area contributed by atoms with E-state index < -0.39 is 0 Å². The molecule has 0 radical (unpaired) electrons. The van der Waals surface area contributed by atoms with Crippen molar-refractivity contribution in [1.82, 2.24) is 9.80 Å². The molecule has 3 aromatic carbocycles. The third kappa shape index (κ3) is 6.92. The summed E-state index contributed by atoms with van der Waals surface area (Å²) in [6, 6.07) is 23.6. The highest BCUT2D eigenvalue weighted by molar-refractivity contribution is 6.04. The van der Waals surface area contributed by atoms with Gasteiger partial charge in [-0.25, -0.2) is 0 Å². The quantitative estimate of drug-likeness (QED) is 0.482. The number of rotatable bonds is 8. The molecular weight excluding hydrogens is 422 g/mol. The van der Waals surface area contributed by atoms with Gasteiger partial charge in [-0.2, -0.15) is 0 Å². The molecule has 2 N–H and O–H groups in total. The monoisotopic (exact) mass is 457 g/mol. The van der Waals surface area contributed by atoms with Gasteiger partial charge in [-0.05, 0) is 79.0 Å². The van der Waals surface area contributed by atoms with Crippen LogP contribution in [0.2, 0.25) is 0 Å². The molecule has 1 heterocycles. The Kier molecular flexibility index (Phi) is 8.34. The second-order valence-corrected chi connectivity index (χ2v) is 9.17. The van der Waals surface area contributed by atoms with Crippen molar-refractivity contribution < 1.29 is 9.90 Å². The van der Waals surface area contributed by atoms with Crippen LogP contribution in [0.15, 0.2) is 72.8 Å². The Labute approximate surface area is 203 Å². The van der Waals surface area contributed by atoms with Crippen LogP contribution in [0.4, 0.5) is 5.69 Å². The zero-order valence-corrected chi connectivity index (χ0v) is 20.0. The van der Waals surface area contributed by atoms with E-state index in [1.165, 1.54) is 11.1 Å². The maximum atomic E-state index is 12.6. The molecule has 0 saturated carbocycles. The van der Waals surface area contributed by atoms with Crippen molar-refractivity contribution in [1.29, 1.82) is 0 Å². The molecule has 0 unspecified atom stereocenters. The lowest BCUT2D eigenvalue weighted by molar-refractivity contribution is 0.102. The van der Waals surface area contributed by atoms with Gasteiger partial charge in [-0.3, -0.25) is 14.6 Å². The van der Waals surface area contributed by atoms with Crippen LogP contribution in [-0.2, 0) is 19.5 Å². The molecule has 5 nitrogen and oxygen atoms in total. The summed E-state index contributed by atoms with van der Waals surface area (Å²) in [5.41, 5.74) is 5.17. The van der Waals surface area contributed by atoms with Gasteiger partial charge in [0.2, 0.25) is 0 Å². The number of benzene rings is 3. The first kappa shape index (κ1) is 24.0. The highest BCUT2D eigenvalue weighted by Crippen LogP contribution is 2.17. The summed E-state index contributed by atoms with van der Waals surface area (Å²) >= 11 is 0. The fourth-order valence-electron chi connectivity index (χ4n) is 4.52. The fraction of sp³-hybridized carbons (Fsp3) is 0.345. The van der Waals surface area contributed by atoms with Gasteiger partial charge in [0.15, 0.2) is 0 Å². The Morgan fingerprint density at radius 1 is 0.824 bits per heavy atom. The molecule has 4 rings (SSSR count). The number of phenolic OH excluding ortho intramolecular Hbond substituents is 1. The van der Waals surface area contributed by atoms with Crippen LogP contribution in [0.1, 0.15) is 46.8 Å². The highest BCUT2D eigenvalue weighted by atomic mass is 16.3. The molecule has 3 aromatic rings. The third-order valence-corrected chi connectivity index (χ3v) is 6.37. The number of aryl methyl sites for hydroxylation is 1. The Hall–Kier alpha value is -3.15. The first-order valence-corrected chi connectivity index (χ1v) is 12.3. The molecule has 0 aliphatic carbocycles. The summed E-state index contributed by atoms with van der Waals surface area (Å²) in [5.74, 6) is 0.253. The van der Waals surface area contributed by atoms with Crippen LogP contribution in [0.25, 0.3) is 0 Å². The van der Waals surface area contributed by atoms with Gasteiger partial charge < -0.3 is 10.4 Å². The standard InChI is InChI=1S/C29H35N3O2/c1-2-5-23-10-14-27(15-11-23)30-29(34)26-12-8-24(9-13-26)21-31-16-4-17-32(19-18-31)22-25-6-3-7-28(33)20-25/h3,6-15,20,33H,2,4-5,16-19,21-22H2,1H3,(H,30,34). The minimum Gasteiger partial charge on any atom is -0.508 e. The number of phenols is 1. The van der Waals surface area contributed by atoms with Gasteiger partial charge in [0.05, 0.1) is 0 Å². The molecule has 34 heavy (non-hydrogen) atoms. The average Bonchev–Trinajstić information content (AvgIpc) is 3.06. The lowest BCUT2D eigenvalue weighted by atomic mass is 10.1. The van der Waals surface area contributed by atoms with Gasteiger partial charge >= 0.3 is 0 Å². The van der Waals surface area contributed by atoms with Crippen LogP contribution in [0.5, 0.6) is 5.75 Å². The molecule has 0 aromatic heterocycles. The van der Waals surface area contributed by atoms with Crippen LogP contribution in [0, 0.1) is 0 Å². The normalized spacial score (nSPS) is 15.1. The fourth-order valence-corrected chi connectivity index (χ4v) is 4.52. The van der Waals surface area contributed by atoms with E-state index in [-0.39, 0.29) is 5.91 Å². The Morgan fingerprint density at radius 2 is 1.47 bits per heavy atom. The van der Waals surface area contributed by atoms with Gasteiger partial charge in [-0.15, -0.1) is 0 Å². The smallest absolute Gasteiger partial charge is 0.255 e. The Balaban J connectivity index is 1.27. The largest absolute Gasteiger partial charge is 0.508 e. The van der Waals surface area contributed by atoms with Gasteiger partial charge in [0.25, 0.3) is 5.91 Å². The second-order valence-electron chi connectivity index (χ2n) is 9.17. The van der Waals surface area contributed by atoms with Crippen molar-refractivity contribution in [3.05, 3.63) is 95.1 Å². The predicted molar refractivity (Wildman–Crippen MR) is 138 cm³/mol. The zero-order valence-electron chi connectivity index (χ0n) is 20.0. The van der Waals surface area contributed by atoms with Crippen LogP contribution < -0.4 is 5.32 Å². The molecule has 5 heteroatoms. The number of amides is 1. The molecule has 0 bridgehead atoms. The summed E-state index contributed by atoms with van der Waals surface area (Å²) in [6.07, 6.45) is 3.30. The maximum Gasteiger partial charge on any atom is 0.255 e. The number of carbonyl (C=O) groups is 1. The molecule has 0 atom stereocenters. The molecule has 1 aliphatic heterocycles. The molecule has 1 aliphatic rings. The number of carbonyl (C=O) groups excluding carboxylic acids is 1. The van der Waals surface area contributed by atoms with Crippen molar-refractivity contribution >= 4 is 11.6 Å². The van der Waals surface area contributed by atoms with E-state index in [0.29, 0.717) is 11.3 Å². The SMILES string of the molecule is CCCc1ccc(NC(=O)c2ccc(CN3CCCN(Cc4cccc(O)c4)CC3)cc2)cc1. The highest BCUT2D eigenvalue weighted by Gasteiger charge is 2.16. The summed E-state index contributed by atoms with van der Waals surface area (Å²) in [5, 5.41) is 12.7. The number of nitrogens with one attached hydrogen (secondary N) is 1. The number of hydrogen-bond donors (Lipinski definition) is 2. The predicted octanol–water partition coefficient (Wildman–Crippen LogP) is 5.30. The summed E-state index contributed by atoms with van der Waals surface area (Å²) < 4.78 is 0. The lowest BCUT2D eigenvalue weighted by Gasteiger charge is -2.22. The number of anilines is 1. The average molecular weight is 458 g/mol. The molecule has 0 spiro atoms. The van der Waals surface area contributed by atoms with Crippen LogP contribution in [0.3, 0.4) is 0 Å². The molecule has 1 amide bonds. The van der Waals surface area contributed by atoms with Gasteiger partial charge in [0.1, 0.15) is 5.75 Å². The summed E-state index contributed by atoms with van der Waals surface area (Å²) in [7, 11) is 0. The summed E-state index contributed by atoms with van der Waals surface area (Å²) in [6.45, 7) is 8.06. The number of aromatic hydroxyl groups is 1. The maximum absolute atomic E-state index is 12.6. The van der Waals surface area contributed by atoms with Crippen LogP contribution >= 0.6 is 0 Å². The zero-order chi connectivity index (χ0) is 23.8. The molecule has 1 fully saturated rings. The molecule has 178 valence electrons. The molecular formula is C29H35N3O2. The lowest BCUT2D eigenvalue weighted by Crippen LogP contribution is -2.30. The van der Waals surface area contributed by atoms with Crippen molar-refractivity contribution in [2.45, 2.75) is 39.3 Å². The van der Waals surface area contributed by atoms with Gasteiger partial charge in [0, 0.05) is 37.4 Å². The third-order valence-electron chi connectivity index (χ3n) is 6.37. The van der Waals surface area contributed by atoms with Crippen LogP contribution in [-0.4, -0.2) is 47.0 Å². The number of hydrogen-bond acceptors (Lipinski definition) is 4. The van der Waals surface area contributed by atoms with E-state index in [9.17, 15) is 9.90 Å².